The first-order valence-corrected chi connectivity index (χ1v) is 10.1. The van der Waals surface area contributed by atoms with Gasteiger partial charge in [0.2, 0.25) is 5.78 Å². The summed E-state index contributed by atoms with van der Waals surface area (Å²) in [6, 6.07) is 20.1. The molecule has 0 saturated carbocycles. The molecule has 29 heavy (non-hydrogen) atoms. The van der Waals surface area contributed by atoms with Crippen LogP contribution in [0, 0.1) is 0 Å². The van der Waals surface area contributed by atoms with Crippen molar-refractivity contribution in [1.29, 1.82) is 0 Å². The molecule has 2 aromatic carbocycles. The van der Waals surface area contributed by atoms with Crippen LogP contribution in [-0.4, -0.2) is 30.3 Å². The van der Waals surface area contributed by atoms with Crippen LogP contribution in [0.25, 0.3) is 0 Å². The van der Waals surface area contributed by atoms with Crippen LogP contribution >= 0.6 is 22.9 Å². The predicted molar refractivity (Wildman–Crippen MR) is 112 cm³/mol. The van der Waals surface area contributed by atoms with Gasteiger partial charge in [-0.25, -0.2) is 4.79 Å². The third-order valence-electron chi connectivity index (χ3n) is 4.10. The SMILES string of the molecule is O=C(N[C@@H](Cc1ccccc1)C(=O)OCC(=O)c1ccc(Cl)s1)c1ccccc1. The van der Waals surface area contributed by atoms with Gasteiger partial charge in [0.05, 0.1) is 9.21 Å². The Bertz CT molecular complexity index is 988. The predicted octanol–water partition coefficient (Wildman–Crippen LogP) is 4.17. The van der Waals surface area contributed by atoms with Gasteiger partial charge < -0.3 is 10.1 Å². The molecule has 3 rings (SSSR count). The van der Waals surface area contributed by atoms with Gasteiger partial charge in [-0.05, 0) is 29.8 Å². The summed E-state index contributed by atoms with van der Waals surface area (Å²) in [7, 11) is 0. The van der Waals surface area contributed by atoms with Crippen LogP contribution in [0.4, 0.5) is 0 Å². The lowest BCUT2D eigenvalue weighted by Crippen LogP contribution is -2.43. The largest absolute Gasteiger partial charge is 0.456 e. The smallest absolute Gasteiger partial charge is 0.329 e. The highest BCUT2D eigenvalue weighted by atomic mass is 35.5. The molecule has 0 fully saturated rings. The highest BCUT2D eigenvalue weighted by Gasteiger charge is 2.24. The molecule has 0 saturated heterocycles. The highest BCUT2D eigenvalue weighted by molar-refractivity contribution is 7.18. The molecular formula is C22H18ClNO4S. The van der Waals surface area contributed by atoms with Crippen molar-refractivity contribution >= 4 is 40.6 Å². The van der Waals surface area contributed by atoms with E-state index in [1.807, 2.05) is 30.3 Å². The van der Waals surface area contributed by atoms with Gasteiger partial charge in [0, 0.05) is 12.0 Å². The maximum Gasteiger partial charge on any atom is 0.329 e. The molecule has 0 spiro atoms. The number of carbonyl (C=O) groups excluding carboxylic acids is 3. The number of hydrogen-bond donors (Lipinski definition) is 1. The van der Waals surface area contributed by atoms with Gasteiger partial charge in [0.1, 0.15) is 6.04 Å². The number of ketones is 1. The molecule has 0 aliphatic rings. The number of nitrogens with one attached hydrogen (secondary N) is 1. The van der Waals surface area contributed by atoms with E-state index in [0.29, 0.717) is 14.8 Å². The number of rotatable bonds is 8. The molecule has 0 unspecified atom stereocenters. The Kier molecular flexibility index (Phi) is 7.16. The third kappa shape index (κ3) is 6.01. The molecule has 0 bridgehead atoms. The van der Waals surface area contributed by atoms with Crippen molar-refractivity contribution in [3.8, 4) is 0 Å². The minimum Gasteiger partial charge on any atom is -0.456 e. The molecule has 0 aliphatic heterocycles. The van der Waals surface area contributed by atoms with Crippen LogP contribution in [0.3, 0.4) is 0 Å². The van der Waals surface area contributed by atoms with Crippen molar-refractivity contribution in [2.24, 2.45) is 0 Å². The van der Waals surface area contributed by atoms with Crippen molar-refractivity contribution in [1.82, 2.24) is 5.32 Å². The van der Waals surface area contributed by atoms with E-state index in [0.717, 1.165) is 16.9 Å². The van der Waals surface area contributed by atoms with Crippen LogP contribution in [0.15, 0.2) is 72.8 Å². The Balaban J connectivity index is 1.68. The molecule has 7 heteroatoms. The summed E-state index contributed by atoms with van der Waals surface area (Å²) in [4.78, 5) is 37.7. The van der Waals surface area contributed by atoms with Crippen LogP contribution in [0.1, 0.15) is 25.6 Å². The molecule has 1 atom stereocenters. The number of carbonyl (C=O) groups is 3. The van der Waals surface area contributed by atoms with Gasteiger partial charge in [0.25, 0.3) is 5.91 Å². The number of benzene rings is 2. The lowest BCUT2D eigenvalue weighted by atomic mass is 10.1. The van der Waals surface area contributed by atoms with E-state index < -0.39 is 18.6 Å². The lowest BCUT2D eigenvalue weighted by Gasteiger charge is -2.18. The minimum atomic E-state index is -0.926. The zero-order chi connectivity index (χ0) is 20.6. The second kappa shape index (κ2) is 10.0. The van der Waals surface area contributed by atoms with Crippen LogP contribution in [-0.2, 0) is 16.0 Å². The van der Waals surface area contributed by atoms with Gasteiger partial charge in [-0.1, -0.05) is 60.1 Å². The minimum absolute atomic E-state index is 0.247. The van der Waals surface area contributed by atoms with Gasteiger partial charge in [-0.3, -0.25) is 9.59 Å². The molecule has 1 heterocycles. The first kappa shape index (κ1) is 20.8. The molecule has 0 aliphatic carbocycles. The number of ether oxygens (including phenoxy) is 1. The van der Waals surface area contributed by atoms with Gasteiger partial charge in [-0.2, -0.15) is 0 Å². The van der Waals surface area contributed by atoms with Crippen LogP contribution < -0.4 is 5.32 Å². The van der Waals surface area contributed by atoms with Gasteiger partial charge in [-0.15, -0.1) is 11.3 Å². The Morgan fingerprint density at radius 2 is 1.59 bits per heavy atom. The molecule has 1 aromatic heterocycles. The maximum atomic E-state index is 12.6. The van der Waals surface area contributed by atoms with E-state index >= 15 is 0 Å². The normalized spacial score (nSPS) is 11.5. The zero-order valence-corrected chi connectivity index (χ0v) is 16.9. The number of hydrogen-bond acceptors (Lipinski definition) is 5. The Morgan fingerprint density at radius 3 is 2.21 bits per heavy atom. The van der Waals surface area contributed by atoms with Crippen molar-refractivity contribution in [2.75, 3.05) is 6.61 Å². The molecule has 0 radical (unpaired) electrons. The average molecular weight is 428 g/mol. The molecule has 3 aromatic rings. The van der Waals surface area contributed by atoms with Gasteiger partial charge >= 0.3 is 5.97 Å². The highest BCUT2D eigenvalue weighted by Crippen LogP contribution is 2.21. The fourth-order valence-electron chi connectivity index (χ4n) is 2.65. The first-order valence-electron chi connectivity index (χ1n) is 8.88. The second-order valence-corrected chi connectivity index (χ2v) is 7.93. The van der Waals surface area contributed by atoms with E-state index in [1.54, 1.807) is 42.5 Å². The fourth-order valence-corrected chi connectivity index (χ4v) is 3.61. The van der Waals surface area contributed by atoms with Crippen molar-refractivity contribution in [3.63, 3.8) is 0 Å². The summed E-state index contributed by atoms with van der Waals surface area (Å²) in [6.45, 7) is -0.415. The summed E-state index contributed by atoms with van der Waals surface area (Å²) in [6.07, 6.45) is 0.247. The molecule has 1 N–H and O–H groups in total. The number of esters is 1. The lowest BCUT2D eigenvalue weighted by molar-refractivity contribution is -0.144. The maximum absolute atomic E-state index is 12.6. The Morgan fingerprint density at radius 1 is 0.931 bits per heavy atom. The number of amides is 1. The summed E-state index contributed by atoms with van der Waals surface area (Å²) in [5.74, 6) is -1.41. The van der Waals surface area contributed by atoms with Gasteiger partial charge in [0.15, 0.2) is 6.61 Å². The molecule has 5 nitrogen and oxygen atoms in total. The first-order chi connectivity index (χ1) is 14.0. The van der Waals surface area contributed by atoms with E-state index in [4.69, 9.17) is 16.3 Å². The van der Waals surface area contributed by atoms with Crippen LogP contribution in [0.5, 0.6) is 0 Å². The number of halogens is 1. The summed E-state index contributed by atoms with van der Waals surface area (Å²) in [5.41, 5.74) is 1.29. The van der Waals surface area contributed by atoms with Crippen molar-refractivity contribution in [3.05, 3.63) is 93.1 Å². The molecular weight excluding hydrogens is 410 g/mol. The van der Waals surface area contributed by atoms with Crippen LogP contribution in [0.2, 0.25) is 4.34 Å². The average Bonchev–Trinajstić information content (AvgIpc) is 3.19. The van der Waals surface area contributed by atoms with E-state index in [2.05, 4.69) is 5.32 Å². The summed E-state index contributed by atoms with van der Waals surface area (Å²) >= 11 is 6.96. The van der Waals surface area contributed by atoms with E-state index in [-0.39, 0.29) is 18.1 Å². The third-order valence-corrected chi connectivity index (χ3v) is 5.37. The Hall–Kier alpha value is -2.96. The molecule has 148 valence electrons. The zero-order valence-electron chi connectivity index (χ0n) is 15.3. The number of thiophene rings is 1. The van der Waals surface area contributed by atoms with Crippen molar-refractivity contribution < 1.29 is 19.1 Å². The monoisotopic (exact) mass is 427 g/mol. The fraction of sp³-hybridized carbons (Fsp3) is 0.136. The topological polar surface area (TPSA) is 72.5 Å². The Labute approximate surface area is 177 Å². The van der Waals surface area contributed by atoms with E-state index in [1.165, 1.54) is 0 Å². The summed E-state index contributed by atoms with van der Waals surface area (Å²) < 4.78 is 5.68. The van der Waals surface area contributed by atoms with E-state index in [9.17, 15) is 14.4 Å². The summed E-state index contributed by atoms with van der Waals surface area (Å²) in [5, 5.41) is 2.71. The number of Topliss-reactive ketones (excluding diaryl/α,β-unsaturated/α-hetero) is 1. The van der Waals surface area contributed by atoms with Crippen molar-refractivity contribution in [2.45, 2.75) is 12.5 Å². The second-order valence-electron chi connectivity index (χ2n) is 6.22. The quantitative estimate of drug-likeness (QED) is 0.432. The molecule has 1 amide bonds. The standard InChI is InChI=1S/C22H18ClNO4S/c23-20-12-11-19(29-20)18(25)14-28-22(27)17(13-15-7-3-1-4-8-15)24-21(26)16-9-5-2-6-10-16/h1-12,17H,13-14H2,(H,24,26)/t17-/m0/s1.